The Kier molecular flexibility index (Phi) is 5.39. The lowest BCUT2D eigenvalue weighted by Gasteiger charge is -2.07. The van der Waals surface area contributed by atoms with Gasteiger partial charge < -0.3 is 15.2 Å². The number of rotatable bonds is 4. The van der Waals surface area contributed by atoms with Crippen molar-refractivity contribution in [2.45, 2.75) is 0 Å². The monoisotopic (exact) mass is 372 g/mol. The van der Waals surface area contributed by atoms with Gasteiger partial charge in [0.05, 0.1) is 7.11 Å². The minimum Gasteiger partial charge on any atom is -0.508 e. The third-order valence-electron chi connectivity index (χ3n) is 2.98. The van der Waals surface area contributed by atoms with Gasteiger partial charge in [-0.1, -0.05) is 15.9 Å². The van der Waals surface area contributed by atoms with Crippen LogP contribution in [0.4, 0.5) is 5.69 Å². The highest BCUT2D eigenvalue weighted by Crippen LogP contribution is 2.25. The number of carbonyl (C=O) groups is 1. The third kappa shape index (κ3) is 4.34. The van der Waals surface area contributed by atoms with Crippen LogP contribution in [0.5, 0.6) is 11.5 Å². The number of methoxy groups -OCH3 is 1. The Hall–Kier alpha value is -2.78. The number of phenols is 1. The largest absolute Gasteiger partial charge is 0.508 e. The number of benzene rings is 2. The van der Waals surface area contributed by atoms with Gasteiger partial charge in [0.15, 0.2) is 0 Å². The molecule has 0 atom stereocenters. The summed E-state index contributed by atoms with van der Waals surface area (Å²) >= 11 is 3.34. The van der Waals surface area contributed by atoms with Crippen LogP contribution in [-0.2, 0) is 4.79 Å². The molecule has 0 aromatic heterocycles. The molecule has 0 fully saturated rings. The number of aromatic hydroxyl groups is 1. The molecule has 0 bridgehead atoms. The lowest BCUT2D eigenvalue weighted by atomic mass is 10.1. The molecule has 1 amide bonds. The van der Waals surface area contributed by atoms with Gasteiger partial charge in [0.1, 0.15) is 23.1 Å². The molecule has 0 saturated carbocycles. The third-order valence-corrected chi connectivity index (χ3v) is 3.48. The van der Waals surface area contributed by atoms with Gasteiger partial charge in [0, 0.05) is 15.7 Å². The highest BCUT2D eigenvalue weighted by atomic mass is 79.9. The van der Waals surface area contributed by atoms with Crippen molar-refractivity contribution in [1.82, 2.24) is 0 Å². The number of hydrogen-bond acceptors (Lipinski definition) is 4. The zero-order valence-corrected chi connectivity index (χ0v) is 13.8. The highest BCUT2D eigenvalue weighted by molar-refractivity contribution is 9.10. The van der Waals surface area contributed by atoms with Gasteiger partial charge in [-0.3, -0.25) is 4.79 Å². The number of nitriles is 1. The van der Waals surface area contributed by atoms with Gasteiger partial charge >= 0.3 is 0 Å². The van der Waals surface area contributed by atoms with E-state index in [1.165, 1.54) is 25.3 Å². The molecule has 0 unspecified atom stereocenters. The Labute approximate surface area is 142 Å². The van der Waals surface area contributed by atoms with Crippen LogP contribution in [0.2, 0.25) is 0 Å². The van der Waals surface area contributed by atoms with Crippen LogP contribution >= 0.6 is 15.9 Å². The standard InChI is InChI=1S/C17H13BrN2O3/c1-23-16-7-2-13(18)9-11(16)8-12(10-19)17(22)20-14-3-5-15(21)6-4-14/h2-9,21H,1H3,(H,20,22)/b12-8+. The van der Waals surface area contributed by atoms with Crippen LogP contribution in [0.1, 0.15) is 5.56 Å². The first kappa shape index (κ1) is 16.6. The Bertz CT molecular complexity index is 792. The molecule has 0 aliphatic heterocycles. The average Bonchev–Trinajstić information content (AvgIpc) is 2.54. The van der Waals surface area contributed by atoms with Gasteiger partial charge in [-0.05, 0) is 48.5 Å². The second-order valence-electron chi connectivity index (χ2n) is 4.56. The second kappa shape index (κ2) is 7.47. The first-order chi connectivity index (χ1) is 11.0. The van der Waals surface area contributed by atoms with Crippen molar-refractivity contribution in [2.75, 3.05) is 12.4 Å². The predicted molar refractivity (Wildman–Crippen MR) is 91.0 cm³/mol. The van der Waals surface area contributed by atoms with E-state index in [0.29, 0.717) is 17.0 Å². The number of halogens is 1. The molecule has 116 valence electrons. The minimum atomic E-state index is -0.541. The summed E-state index contributed by atoms with van der Waals surface area (Å²) in [5.74, 6) is 0.108. The van der Waals surface area contributed by atoms with Crippen LogP contribution in [0.15, 0.2) is 52.5 Å². The SMILES string of the molecule is COc1ccc(Br)cc1/C=C(\C#N)C(=O)Nc1ccc(O)cc1. The van der Waals surface area contributed by atoms with E-state index < -0.39 is 5.91 Å². The predicted octanol–water partition coefficient (Wildman–Crippen LogP) is 3.71. The normalized spacial score (nSPS) is 10.7. The fourth-order valence-corrected chi connectivity index (χ4v) is 2.24. The molecule has 2 aromatic carbocycles. The average molecular weight is 373 g/mol. The number of ether oxygens (including phenoxy) is 1. The quantitative estimate of drug-likeness (QED) is 0.486. The van der Waals surface area contributed by atoms with Crippen molar-refractivity contribution in [3.05, 3.63) is 58.1 Å². The molecule has 2 aromatic rings. The minimum absolute atomic E-state index is 0.0607. The van der Waals surface area contributed by atoms with Crippen LogP contribution in [-0.4, -0.2) is 18.1 Å². The molecular weight excluding hydrogens is 360 g/mol. The van der Waals surface area contributed by atoms with Crippen molar-refractivity contribution >= 4 is 33.6 Å². The molecule has 0 radical (unpaired) electrons. The van der Waals surface area contributed by atoms with E-state index in [1.54, 1.807) is 30.3 Å². The Morgan fingerprint density at radius 3 is 2.61 bits per heavy atom. The maximum atomic E-state index is 12.2. The molecule has 2 N–H and O–H groups in total. The number of nitrogens with one attached hydrogen (secondary N) is 1. The van der Waals surface area contributed by atoms with E-state index in [1.807, 2.05) is 6.07 Å². The number of anilines is 1. The Balaban J connectivity index is 2.28. The molecule has 0 saturated heterocycles. The fraction of sp³-hybridized carbons (Fsp3) is 0.0588. The molecule has 23 heavy (non-hydrogen) atoms. The highest BCUT2D eigenvalue weighted by Gasteiger charge is 2.11. The summed E-state index contributed by atoms with van der Waals surface area (Å²) in [5.41, 5.74) is 1.03. The molecule has 0 spiro atoms. The van der Waals surface area contributed by atoms with Crippen LogP contribution in [0, 0.1) is 11.3 Å². The summed E-state index contributed by atoms with van der Waals surface area (Å²) in [4.78, 5) is 12.2. The second-order valence-corrected chi connectivity index (χ2v) is 5.47. The molecule has 5 nitrogen and oxygen atoms in total. The summed E-state index contributed by atoms with van der Waals surface area (Å²) < 4.78 is 6.03. The molecule has 0 aliphatic carbocycles. The van der Waals surface area contributed by atoms with Crippen molar-refractivity contribution < 1.29 is 14.6 Å². The van der Waals surface area contributed by atoms with Crippen molar-refractivity contribution in [1.29, 1.82) is 5.26 Å². The van der Waals surface area contributed by atoms with E-state index in [9.17, 15) is 15.2 Å². The number of hydrogen-bond donors (Lipinski definition) is 2. The van der Waals surface area contributed by atoms with E-state index in [2.05, 4.69) is 21.2 Å². The lowest BCUT2D eigenvalue weighted by molar-refractivity contribution is -0.112. The molecular formula is C17H13BrN2O3. The van der Waals surface area contributed by atoms with Crippen LogP contribution in [0.25, 0.3) is 6.08 Å². The summed E-state index contributed by atoms with van der Waals surface area (Å²) in [6.07, 6.45) is 1.46. The topological polar surface area (TPSA) is 82.3 Å². The summed E-state index contributed by atoms with van der Waals surface area (Å²) in [6.45, 7) is 0. The Morgan fingerprint density at radius 2 is 2.00 bits per heavy atom. The smallest absolute Gasteiger partial charge is 0.266 e. The van der Waals surface area contributed by atoms with Crippen LogP contribution < -0.4 is 10.1 Å². The van der Waals surface area contributed by atoms with Crippen molar-refractivity contribution in [3.63, 3.8) is 0 Å². The number of nitrogens with zero attached hydrogens (tertiary/aromatic N) is 1. The van der Waals surface area contributed by atoms with Gasteiger partial charge in [-0.2, -0.15) is 5.26 Å². The number of phenolic OH excluding ortho intramolecular Hbond substituents is 1. The van der Waals surface area contributed by atoms with Gasteiger partial charge in [-0.15, -0.1) is 0 Å². The maximum absolute atomic E-state index is 12.2. The van der Waals surface area contributed by atoms with Gasteiger partial charge in [-0.25, -0.2) is 0 Å². The van der Waals surface area contributed by atoms with Gasteiger partial charge in [0.2, 0.25) is 0 Å². The van der Waals surface area contributed by atoms with Gasteiger partial charge in [0.25, 0.3) is 5.91 Å². The van der Waals surface area contributed by atoms with E-state index in [-0.39, 0.29) is 11.3 Å². The van der Waals surface area contributed by atoms with Crippen molar-refractivity contribution in [3.8, 4) is 17.6 Å². The van der Waals surface area contributed by atoms with Crippen molar-refractivity contribution in [2.24, 2.45) is 0 Å². The molecule has 0 aliphatic rings. The summed E-state index contributed by atoms with van der Waals surface area (Å²) in [7, 11) is 1.52. The maximum Gasteiger partial charge on any atom is 0.266 e. The first-order valence-corrected chi connectivity index (χ1v) is 7.38. The zero-order chi connectivity index (χ0) is 16.8. The fourth-order valence-electron chi connectivity index (χ4n) is 1.87. The molecule has 6 heteroatoms. The lowest BCUT2D eigenvalue weighted by Crippen LogP contribution is -2.13. The first-order valence-electron chi connectivity index (χ1n) is 6.59. The van der Waals surface area contributed by atoms with Crippen LogP contribution in [0.3, 0.4) is 0 Å². The Morgan fingerprint density at radius 1 is 1.30 bits per heavy atom. The van der Waals surface area contributed by atoms with E-state index in [4.69, 9.17) is 4.74 Å². The van der Waals surface area contributed by atoms with E-state index >= 15 is 0 Å². The summed E-state index contributed by atoms with van der Waals surface area (Å²) in [6, 6.07) is 13.2. The zero-order valence-electron chi connectivity index (χ0n) is 12.2. The summed E-state index contributed by atoms with van der Waals surface area (Å²) in [5, 5.41) is 21.1. The molecule has 0 heterocycles. The number of amides is 1. The molecule has 2 rings (SSSR count). The van der Waals surface area contributed by atoms with E-state index in [0.717, 1.165) is 4.47 Å². The number of carbonyl (C=O) groups excluding carboxylic acids is 1.